The lowest BCUT2D eigenvalue weighted by Gasteiger charge is -2.38. The maximum atomic E-state index is 12.9. The summed E-state index contributed by atoms with van der Waals surface area (Å²) in [5.74, 6) is 0.0502. The van der Waals surface area contributed by atoms with Crippen LogP contribution in [0.2, 0.25) is 0 Å². The minimum absolute atomic E-state index is 0.0729. The van der Waals surface area contributed by atoms with Gasteiger partial charge in [0, 0.05) is 25.2 Å². The van der Waals surface area contributed by atoms with Crippen LogP contribution in [0.3, 0.4) is 0 Å². The quantitative estimate of drug-likeness (QED) is 0.668. The second kappa shape index (κ2) is 9.05. The minimum Gasteiger partial charge on any atom is -0.379 e. The van der Waals surface area contributed by atoms with E-state index in [1.54, 1.807) is 4.90 Å². The van der Waals surface area contributed by atoms with Crippen molar-refractivity contribution in [2.75, 3.05) is 19.6 Å². The third-order valence-corrected chi connectivity index (χ3v) is 4.94. The van der Waals surface area contributed by atoms with Crippen molar-refractivity contribution < 1.29 is 14.7 Å². The van der Waals surface area contributed by atoms with Gasteiger partial charge < -0.3 is 20.6 Å². The molecule has 0 radical (unpaired) electrons. The lowest BCUT2D eigenvalue weighted by molar-refractivity contribution is -0.157. The molecule has 6 heteroatoms. The van der Waals surface area contributed by atoms with E-state index in [0.717, 1.165) is 12.0 Å². The number of nitrogens with zero attached hydrogens (tertiary/aromatic N) is 1. The van der Waals surface area contributed by atoms with Gasteiger partial charge in [0.1, 0.15) is 0 Å². The van der Waals surface area contributed by atoms with Crippen LogP contribution in [-0.2, 0) is 16.1 Å². The van der Waals surface area contributed by atoms with Crippen molar-refractivity contribution in [1.82, 2.24) is 15.5 Å². The summed E-state index contributed by atoms with van der Waals surface area (Å²) in [7, 11) is 0. The van der Waals surface area contributed by atoms with E-state index in [1.165, 1.54) is 5.56 Å². The number of likely N-dealkylation sites (tertiary alicyclic amines) is 1. The molecule has 6 nitrogen and oxygen atoms in total. The van der Waals surface area contributed by atoms with E-state index in [9.17, 15) is 14.7 Å². The minimum atomic E-state index is -1.46. The van der Waals surface area contributed by atoms with Gasteiger partial charge in [0.25, 0.3) is 5.91 Å². The first-order chi connectivity index (χ1) is 13.0. The Kier molecular flexibility index (Phi) is 7.23. The molecule has 0 aromatic heterocycles. The van der Waals surface area contributed by atoms with Crippen LogP contribution in [0.4, 0.5) is 0 Å². The number of hydrogen-bond acceptors (Lipinski definition) is 4. The predicted octanol–water partition coefficient (Wildman–Crippen LogP) is 2.17. The maximum Gasteiger partial charge on any atom is 0.256 e. The SMILES string of the molecule is CC(C)c1ccc(CN2CCC[C@](O)(CNCC(=O)NC(C)(C)C)C2=O)cc1. The molecule has 1 saturated heterocycles. The van der Waals surface area contributed by atoms with Crippen LogP contribution in [0.15, 0.2) is 24.3 Å². The lowest BCUT2D eigenvalue weighted by atomic mass is 9.91. The van der Waals surface area contributed by atoms with Gasteiger partial charge in [-0.05, 0) is 50.7 Å². The van der Waals surface area contributed by atoms with E-state index in [-0.39, 0.29) is 30.4 Å². The van der Waals surface area contributed by atoms with Gasteiger partial charge in [-0.25, -0.2) is 0 Å². The van der Waals surface area contributed by atoms with Crippen LogP contribution in [0.1, 0.15) is 64.5 Å². The molecule has 28 heavy (non-hydrogen) atoms. The summed E-state index contributed by atoms with van der Waals surface area (Å²) in [5, 5.41) is 16.7. The average molecular weight is 390 g/mol. The predicted molar refractivity (Wildman–Crippen MR) is 111 cm³/mol. The number of nitrogens with one attached hydrogen (secondary N) is 2. The summed E-state index contributed by atoms with van der Waals surface area (Å²) < 4.78 is 0. The highest BCUT2D eigenvalue weighted by Gasteiger charge is 2.41. The second-order valence-corrected chi connectivity index (χ2v) is 9.16. The highest BCUT2D eigenvalue weighted by atomic mass is 16.3. The van der Waals surface area contributed by atoms with Crippen molar-refractivity contribution >= 4 is 11.8 Å². The highest BCUT2D eigenvalue weighted by molar-refractivity contribution is 5.86. The molecule has 0 aliphatic carbocycles. The van der Waals surface area contributed by atoms with Crippen molar-refractivity contribution in [3.8, 4) is 0 Å². The molecule has 0 saturated carbocycles. The Morgan fingerprint density at radius 2 is 1.89 bits per heavy atom. The number of hydrogen-bond donors (Lipinski definition) is 3. The molecule has 1 aromatic rings. The largest absolute Gasteiger partial charge is 0.379 e. The first-order valence-corrected chi connectivity index (χ1v) is 10.1. The zero-order chi connectivity index (χ0) is 20.9. The van der Waals surface area contributed by atoms with Crippen LogP contribution in [0, 0.1) is 0 Å². The van der Waals surface area contributed by atoms with E-state index in [1.807, 2.05) is 32.9 Å². The molecular weight excluding hydrogens is 354 g/mol. The van der Waals surface area contributed by atoms with Gasteiger partial charge in [-0.3, -0.25) is 9.59 Å². The first kappa shape index (κ1) is 22.4. The van der Waals surface area contributed by atoms with Crippen LogP contribution in [0.5, 0.6) is 0 Å². The molecule has 2 rings (SSSR count). The lowest BCUT2D eigenvalue weighted by Crippen LogP contribution is -2.58. The van der Waals surface area contributed by atoms with Crippen molar-refractivity contribution in [2.24, 2.45) is 0 Å². The fourth-order valence-electron chi connectivity index (χ4n) is 3.45. The molecule has 0 bridgehead atoms. The van der Waals surface area contributed by atoms with Crippen molar-refractivity contribution in [3.05, 3.63) is 35.4 Å². The number of benzene rings is 1. The van der Waals surface area contributed by atoms with Gasteiger partial charge in [-0.15, -0.1) is 0 Å². The van der Waals surface area contributed by atoms with Crippen LogP contribution < -0.4 is 10.6 Å². The molecule has 156 valence electrons. The summed E-state index contributed by atoms with van der Waals surface area (Å²) in [6.45, 7) is 11.3. The van der Waals surface area contributed by atoms with E-state index < -0.39 is 5.60 Å². The molecule has 1 aromatic carbocycles. The normalized spacial score (nSPS) is 20.5. The molecule has 1 heterocycles. The van der Waals surface area contributed by atoms with Crippen LogP contribution in [-0.4, -0.2) is 52.6 Å². The van der Waals surface area contributed by atoms with Gasteiger partial charge in [0.2, 0.25) is 5.91 Å². The van der Waals surface area contributed by atoms with Crippen molar-refractivity contribution in [2.45, 2.75) is 71.1 Å². The fraction of sp³-hybridized carbons (Fsp3) is 0.636. The third kappa shape index (κ3) is 6.31. The Balaban J connectivity index is 1.92. The Hall–Kier alpha value is -1.92. The molecular formula is C22H35N3O3. The monoisotopic (exact) mass is 389 g/mol. The average Bonchev–Trinajstić information content (AvgIpc) is 2.58. The molecule has 0 spiro atoms. The second-order valence-electron chi connectivity index (χ2n) is 9.16. The molecule has 1 fully saturated rings. The van der Waals surface area contributed by atoms with E-state index in [2.05, 4.69) is 36.6 Å². The summed E-state index contributed by atoms with van der Waals surface area (Å²) >= 11 is 0. The molecule has 1 aliphatic heterocycles. The summed E-state index contributed by atoms with van der Waals surface area (Å²) in [6, 6.07) is 8.28. The van der Waals surface area contributed by atoms with E-state index >= 15 is 0 Å². The Morgan fingerprint density at radius 1 is 1.25 bits per heavy atom. The zero-order valence-electron chi connectivity index (χ0n) is 17.8. The van der Waals surface area contributed by atoms with Crippen LogP contribution in [0.25, 0.3) is 0 Å². The molecule has 0 unspecified atom stereocenters. The Labute approximate surface area is 168 Å². The van der Waals surface area contributed by atoms with Gasteiger partial charge in [-0.2, -0.15) is 0 Å². The number of rotatable bonds is 7. The van der Waals surface area contributed by atoms with Crippen molar-refractivity contribution in [3.63, 3.8) is 0 Å². The summed E-state index contributed by atoms with van der Waals surface area (Å²) in [6.07, 6.45) is 1.14. The fourth-order valence-corrected chi connectivity index (χ4v) is 3.45. The zero-order valence-corrected chi connectivity index (χ0v) is 17.8. The van der Waals surface area contributed by atoms with Crippen molar-refractivity contribution in [1.29, 1.82) is 0 Å². The Morgan fingerprint density at radius 3 is 2.46 bits per heavy atom. The highest BCUT2D eigenvalue weighted by Crippen LogP contribution is 2.24. The van der Waals surface area contributed by atoms with E-state index in [4.69, 9.17) is 0 Å². The van der Waals surface area contributed by atoms with Gasteiger partial charge in [0.15, 0.2) is 5.60 Å². The smallest absolute Gasteiger partial charge is 0.256 e. The standard InChI is InChI=1S/C22H35N3O3/c1-16(2)18-9-7-17(8-10-18)14-25-12-6-11-22(28,20(25)27)15-23-13-19(26)24-21(3,4)5/h7-10,16,23,28H,6,11-15H2,1-5H3,(H,24,26)/t22-/m0/s1. The van der Waals surface area contributed by atoms with Crippen LogP contribution >= 0.6 is 0 Å². The Bertz CT molecular complexity index is 679. The number of aliphatic hydroxyl groups is 1. The van der Waals surface area contributed by atoms with Gasteiger partial charge in [-0.1, -0.05) is 38.1 Å². The molecule has 2 amide bonds. The van der Waals surface area contributed by atoms with E-state index in [0.29, 0.717) is 25.4 Å². The summed E-state index contributed by atoms with van der Waals surface area (Å²) in [4.78, 5) is 26.5. The number of carbonyl (C=O) groups excluding carboxylic acids is 2. The third-order valence-electron chi connectivity index (χ3n) is 4.94. The van der Waals surface area contributed by atoms with Gasteiger partial charge >= 0.3 is 0 Å². The molecule has 1 aliphatic rings. The number of carbonyl (C=O) groups is 2. The molecule has 3 N–H and O–H groups in total. The first-order valence-electron chi connectivity index (χ1n) is 10.1. The maximum absolute atomic E-state index is 12.9. The number of amides is 2. The summed E-state index contributed by atoms with van der Waals surface area (Å²) in [5.41, 5.74) is 0.554. The number of piperidine rings is 1. The van der Waals surface area contributed by atoms with Gasteiger partial charge in [0.05, 0.1) is 6.54 Å². The topological polar surface area (TPSA) is 81.7 Å². The molecule has 1 atom stereocenters.